The third kappa shape index (κ3) is 23.4. The molecule has 1 fully saturated rings. The average Bonchev–Trinajstić information content (AvgIpc) is 3.97. The first-order valence-electron chi connectivity index (χ1n) is 27.3. The number of aliphatic imine (C=N–C) groups is 2. The molecule has 27 heteroatoms. The molecule has 0 unspecified atom stereocenters. The van der Waals surface area contributed by atoms with Crippen LogP contribution in [0.2, 0.25) is 0 Å². The number of hydrogen-bond donors (Lipinski definition) is 14. The van der Waals surface area contributed by atoms with Gasteiger partial charge >= 0.3 is 0 Å². The van der Waals surface area contributed by atoms with Gasteiger partial charge in [0.05, 0.1) is 6.42 Å². The van der Waals surface area contributed by atoms with Gasteiger partial charge < -0.3 is 81.6 Å². The first-order valence-corrected chi connectivity index (χ1v) is 27.3. The summed E-state index contributed by atoms with van der Waals surface area (Å²) < 4.78 is 0. The maximum atomic E-state index is 14.8. The molecule has 1 aliphatic rings. The number of nitrogens with one attached hydrogen (secondary N) is 7. The Balaban J connectivity index is 1.64. The molecule has 0 aromatic heterocycles. The van der Waals surface area contributed by atoms with Crippen LogP contribution in [0.1, 0.15) is 88.8 Å². The van der Waals surface area contributed by atoms with Crippen molar-refractivity contribution in [2.75, 3.05) is 19.6 Å². The molecule has 0 aliphatic carbocycles. The molecule has 20 N–H and O–H groups in total. The van der Waals surface area contributed by atoms with E-state index in [4.69, 9.17) is 34.4 Å². The number of primary amides is 2. The lowest BCUT2D eigenvalue weighted by molar-refractivity contribution is -0.142. The van der Waals surface area contributed by atoms with Gasteiger partial charge in [-0.1, -0.05) is 86.6 Å². The molecule has 450 valence electrons. The van der Waals surface area contributed by atoms with Gasteiger partial charge in [-0.2, -0.15) is 0 Å². The van der Waals surface area contributed by atoms with Gasteiger partial charge in [-0.25, -0.2) is 0 Å². The first kappa shape index (κ1) is 66.2. The van der Waals surface area contributed by atoms with E-state index in [0.29, 0.717) is 23.1 Å². The van der Waals surface area contributed by atoms with E-state index in [0.717, 1.165) is 0 Å². The highest BCUT2D eigenvalue weighted by Crippen LogP contribution is 2.21. The second-order valence-electron chi connectivity index (χ2n) is 20.7. The molecule has 1 aliphatic heterocycles. The molecule has 0 bridgehead atoms. The molecular weight excluding hydrogens is 1070 g/mol. The van der Waals surface area contributed by atoms with E-state index in [1.54, 1.807) is 72.8 Å². The van der Waals surface area contributed by atoms with Crippen molar-refractivity contribution in [3.63, 3.8) is 0 Å². The molecule has 1 heterocycles. The number of aromatic hydroxyl groups is 1. The zero-order valence-electron chi connectivity index (χ0n) is 47.0. The SMILES string of the molecule is CC(=O)N[C@H](Cc1ccc(O)cc1)C(=O)N[C@@H](Cc1ccccc1)C(=O)N[C@@H](CC(C)C)C(=O)N[C@@H](Cc1ccccc1)C(=O)N[C@@H](CCCN=C(N)N)C(=O)N1CCC[C@H]1C(=O)N[C@@H](CCCN=C(N)N)C(=O)N[C@@H](CC(N)=O)C(N)=O. The van der Waals surface area contributed by atoms with Crippen molar-refractivity contribution in [1.82, 2.24) is 42.1 Å². The van der Waals surface area contributed by atoms with E-state index in [2.05, 4.69) is 47.2 Å². The van der Waals surface area contributed by atoms with Gasteiger partial charge in [0.2, 0.25) is 59.1 Å². The third-order valence-corrected chi connectivity index (χ3v) is 13.3. The summed E-state index contributed by atoms with van der Waals surface area (Å²) in [6.07, 6.45) is 0.0249. The van der Waals surface area contributed by atoms with Gasteiger partial charge in [0, 0.05) is 45.8 Å². The molecular formula is C56H80N16O11. The predicted molar refractivity (Wildman–Crippen MR) is 308 cm³/mol. The van der Waals surface area contributed by atoms with Gasteiger partial charge in [-0.3, -0.25) is 57.9 Å². The molecule has 0 spiro atoms. The van der Waals surface area contributed by atoms with Crippen LogP contribution in [0.3, 0.4) is 0 Å². The summed E-state index contributed by atoms with van der Waals surface area (Å²) in [5.41, 5.74) is 34.7. The Kier molecular flexibility index (Phi) is 26.7. The van der Waals surface area contributed by atoms with Crippen LogP contribution in [0, 0.1) is 5.92 Å². The third-order valence-electron chi connectivity index (χ3n) is 13.3. The summed E-state index contributed by atoms with van der Waals surface area (Å²) in [6.45, 7) is 5.05. The number of nitrogens with zero attached hydrogens (tertiary/aromatic N) is 3. The van der Waals surface area contributed by atoms with Crippen LogP contribution in [0.25, 0.3) is 0 Å². The number of carbonyl (C=O) groups excluding carboxylic acids is 10. The zero-order valence-corrected chi connectivity index (χ0v) is 47.0. The predicted octanol–water partition coefficient (Wildman–Crippen LogP) is -2.66. The maximum absolute atomic E-state index is 14.8. The van der Waals surface area contributed by atoms with Crippen molar-refractivity contribution in [2.24, 2.45) is 50.3 Å². The lowest BCUT2D eigenvalue weighted by Crippen LogP contribution is -2.60. The molecule has 27 nitrogen and oxygen atoms in total. The van der Waals surface area contributed by atoms with Crippen LogP contribution >= 0.6 is 0 Å². The molecule has 8 atom stereocenters. The van der Waals surface area contributed by atoms with E-state index < -0.39 is 114 Å². The smallest absolute Gasteiger partial charge is 0.245 e. The van der Waals surface area contributed by atoms with Crippen LogP contribution in [-0.2, 0) is 67.2 Å². The van der Waals surface area contributed by atoms with Gasteiger partial charge in [-0.05, 0) is 79.7 Å². The summed E-state index contributed by atoms with van der Waals surface area (Å²) in [5, 5.41) is 28.7. The number of carbonyl (C=O) groups is 10. The summed E-state index contributed by atoms with van der Waals surface area (Å²) in [4.78, 5) is 146. The Labute approximate surface area is 481 Å². The topological polar surface area (TPSA) is 459 Å². The molecule has 1 saturated heterocycles. The van der Waals surface area contributed by atoms with Crippen LogP contribution in [0.15, 0.2) is 94.9 Å². The van der Waals surface area contributed by atoms with Crippen molar-refractivity contribution < 1.29 is 53.1 Å². The second kappa shape index (κ2) is 33.5. The van der Waals surface area contributed by atoms with Gasteiger partial charge in [0.15, 0.2) is 11.9 Å². The molecule has 83 heavy (non-hydrogen) atoms. The monoisotopic (exact) mass is 1150 g/mol. The molecule has 0 radical (unpaired) electrons. The number of phenolic OH excluding ortho intramolecular Hbond substituents is 1. The summed E-state index contributed by atoms with van der Waals surface area (Å²) in [5.74, 6) is -8.47. The number of rotatable bonds is 33. The van der Waals surface area contributed by atoms with E-state index in [1.165, 1.54) is 24.0 Å². The quantitative estimate of drug-likeness (QED) is 0.0168. The number of nitrogens with two attached hydrogens (primary N) is 6. The number of phenols is 1. The summed E-state index contributed by atoms with van der Waals surface area (Å²) >= 11 is 0. The summed E-state index contributed by atoms with van der Waals surface area (Å²) in [6, 6.07) is 13.1. The first-order chi connectivity index (χ1) is 39.4. The normalized spacial score (nSPS) is 15.3. The Hall–Kier alpha value is -9.30. The van der Waals surface area contributed by atoms with Crippen LogP contribution in [0.5, 0.6) is 5.75 Å². The summed E-state index contributed by atoms with van der Waals surface area (Å²) in [7, 11) is 0. The van der Waals surface area contributed by atoms with E-state index in [-0.39, 0.29) is 101 Å². The van der Waals surface area contributed by atoms with Crippen molar-refractivity contribution in [2.45, 2.75) is 140 Å². The number of hydrogen-bond acceptors (Lipinski definition) is 13. The lowest BCUT2D eigenvalue weighted by atomic mass is 9.99. The van der Waals surface area contributed by atoms with Crippen LogP contribution < -0.4 is 71.6 Å². The Bertz CT molecular complexity index is 2760. The minimum absolute atomic E-state index is 0.00215. The van der Waals surface area contributed by atoms with Crippen LogP contribution in [0.4, 0.5) is 0 Å². The minimum Gasteiger partial charge on any atom is -0.508 e. The minimum atomic E-state index is -1.50. The van der Waals surface area contributed by atoms with E-state index >= 15 is 0 Å². The fourth-order valence-corrected chi connectivity index (χ4v) is 9.23. The highest BCUT2D eigenvalue weighted by Gasteiger charge is 2.40. The average molecular weight is 1150 g/mol. The van der Waals surface area contributed by atoms with Gasteiger partial charge in [0.25, 0.3) is 0 Å². The maximum Gasteiger partial charge on any atom is 0.245 e. The van der Waals surface area contributed by atoms with Crippen molar-refractivity contribution in [1.29, 1.82) is 0 Å². The molecule has 4 rings (SSSR count). The Morgan fingerprint density at radius 2 is 0.964 bits per heavy atom. The molecule has 10 amide bonds. The number of benzene rings is 3. The molecule has 0 saturated carbocycles. The molecule has 3 aromatic rings. The van der Waals surface area contributed by atoms with Gasteiger partial charge in [0.1, 0.15) is 54.1 Å². The highest BCUT2D eigenvalue weighted by atomic mass is 16.3. The second-order valence-corrected chi connectivity index (χ2v) is 20.7. The number of likely N-dealkylation sites (tertiary alicyclic amines) is 1. The fourth-order valence-electron chi connectivity index (χ4n) is 9.23. The Morgan fingerprint density at radius 1 is 0.542 bits per heavy atom. The highest BCUT2D eigenvalue weighted by molar-refractivity contribution is 5.99. The largest absolute Gasteiger partial charge is 0.508 e. The van der Waals surface area contributed by atoms with Crippen molar-refractivity contribution >= 4 is 71.0 Å². The zero-order chi connectivity index (χ0) is 61.2. The molecule has 3 aromatic carbocycles. The van der Waals surface area contributed by atoms with Crippen molar-refractivity contribution in [3.05, 3.63) is 102 Å². The van der Waals surface area contributed by atoms with Gasteiger partial charge in [-0.15, -0.1) is 0 Å². The lowest BCUT2D eigenvalue weighted by Gasteiger charge is -2.31. The standard InChI is InChI=1S/C56H80N16O11/c1-32(2)27-41(69-52(81)44(29-35-15-8-5-9-16-35)71-50(79)42(65-33(3)73)30-36-20-22-37(74)23-21-36)49(78)70-43(28-34-13-6-4-7-14-34)51(80)67-39(18-11-25-64-56(61)62)54(83)72-26-12-19-45(72)53(82)66-38(17-10-24-63-55(59)60)48(77)68-40(47(58)76)31-46(57)75/h4-9,13-16,20-23,32,38-45,74H,10-12,17-19,24-31H2,1-3H3,(H2,57,75)(H2,58,76)(H,65,73)(H,66,82)(H,67,80)(H,68,77)(H,69,81)(H,70,78)(H,71,79)(H4,59,60,63)(H4,61,62,64)/t38-,39-,40-,41-,42+,43-,44-,45-/m0/s1. The van der Waals surface area contributed by atoms with E-state index in [9.17, 15) is 53.1 Å². The number of guanidine groups is 2. The Morgan fingerprint density at radius 3 is 1.42 bits per heavy atom. The van der Waals surface area contributed by atoms with Crippen LogP contribution in [-0.4, -0.2) is 149 Å². The van der Waals surface area contributed by atoms with Crippen molar-refractivity contribution in [3.8, 4) is 5.75 Å². The fraction of sp³-hybridized carbons (Fsp3) is 0.464. The number of amides is 10. The van der Waals surface area contributed by atoms with E-state index in [1.807, 2.05) is 13.8 Å².